The molecule has 2 heterocycles. The van der Waals surface area contributed by atoms with Crippen LogP contribution in [0, 0.1) is 0 Å². The summed E-state index contributed by atoms with van der Waals surface area (Å²) in [7, 11) is 0. The average Bonchev–Trinajstić information content (AvgIpc) is 2.82. The minimum Gasteiger partial charge on any atom is -0.336 e. The van der Waals surface area contributed by atoms with Gasteiger partial charge >= 0.3 is 12.2 Å². The third kappa shape index (κ3) is 3.38. The topological polar surface area (TPSA) is 75.2 Å². The Bertz CT molecular complexity index is 537. The van der Waals surface area contributed by atoms with Crippen LogP contribution < -0.4 is 5.32 Å². The van der Waals surface area contributed by atoms with E-state index in [-0.39, 0.29) is 17.5 Å². The van der Waals surface area contributed by atoms with Crippen molar-refractivity contribution >= 4 is 23.7 Å². The Morgan fingerprint density at radius 2 is 2.25 bits per heavy atom. The molecular weight excluding hydrogens is 297 g/mol. The summed E-state index contributed by atoms with van der Waals surface area (Å²) in [6.07, 6.45) is -3.58. The van der Waals surface area contributed by atoms with Crippen molar-refractivity contribution in [1.82, 2.24) is 20.2 Å². The van der Waals surface area contributed by atoms with Crippen LogP contribution in [-0.2, 0) is 11.0 Å². The molecule has 0 saturated carbocycles. The van der Waals surface area contributed by atoms with Crippen molar-refractivity contribution in [3.63, 3.8) is 0 Å². The molecule has 108 valence electrons. The highest BCUT2D eigenvalue weighted by molar-refractivity contribution is 7.99. The normalized spacial score (nSPS) is 15.3. The van der Waals surface area contributed by atoms with E-state index in [1.54, 1.807) is 0 Å². The average molecular weight is 306 g/mol. The van der Waals surface area contributed by atoms with Crippen molar-refractivity contribution < 1.29 is 22.8 Å². The molecule has 6 nitrogen and oxygen atoms in total. The number of halogens is 3. The lowest BCUT2D eigenvalue weighted by Crippen LogP contribution is -2.35. The van der Waals surface area contributed by atoms with Crippen LogP contribution in [0.4, 0.5) is 18.0 Å². The molecule has 1 fully saturated rings. The number of carbonyl (C=O) groups is 2. The maximum absolute atomic E-state index is 12.4. The van der Waals surface area contributed by atoms with Crippen molar-refractivity contribution in [2.45, 2.75) is 11.3 Å². The lowest BCUT2D eigenvalue weighted by Gasteiger charge is -2.11. The van der Waals surface area contributed by atoms with Crippen LogP contribution in [0.2, 0.25) is 0 Å². The Labute approximate surface area is 115 Å². The number of alkyl halides is 3. The van der Waals surface area contributed by atoms with E-state index in [9.17, 15) is 22.8 Å². The van der Waals surface area contributed by atoms with Gasteiger partial charge in [-0.1, -0.05) is 11.8 Å². The molecule has 0 unspecified atom stereocenters. The monoisotopic (exact) mass is 306 g/mol. The Balaban J connectivity index is 1.97. The first-order chi connectivity index (χ1) is 9.38. The predicted octanol–water partition coefficient (Wildman–Crippen LogP) is 1.14. The van der Waals surface area contributed by atoms with Gasteiger partial charge in [-0.2, -0.15) is 13.2 Å². The summed E-state index contributed by atoms with van der Waals surface area (Å²) in [5, 5.41) is 2.30. The molecule has 0 spiro atoms. The molecule has 0 aromatic carbocycles. The Hall–Kier alpha value is -1.84. The summed E-state index contributed by atoms with van der Waals surface area (Å²) in [6, 6.07) is 0.250. The lowest BCUT2D eigenvalue weighted by molar-refractivity contribution is -0.141. The molecule has 0 radical (unpaired) electrons. The molecule has 1 N–H and O–H groups in total. The minimum absolute atomic E-state index is 0.159. The van der Waals surface area contributed by atoms with E-state index >= 15 is 0 Å². The molecule has 3 amide bonds. The molecule has 1 aromatic heterocycles. The standard InChI is InChI=1S/C10H9F3N4O2S/c11-10(12,13)6-1-2-14-8(16-6)20-5-7(18)17-4-3-15-9(17)19/h1-2H,3-5H2,(H,15,19). The van der Waals surface area contributed by atoms with E-state index in [4.69, 9.17) is 0 Å². The van der Waals surface area contributed by atoms with Gasteiger partial charge in [0.2, 0.25) is 5.91 Å². The second-order valence-corrected chi connectivity index (χ2v) is 4.73. The summed E-state index contributed by atoms with van der Waals surface area (Å²) in [5.74, 6) is -0.694. The van der Waals surface area contributed by atoms with Gasteiger partial charge in [-0.05, 0) is 6.07 Å². The lowest BCUT2D eigenvalue weighted by atomic mass is 10.4. The number of rotatable bonds is 3. The third-order valence-electron chi connectivity index (χ3n) is 2.41. The van der Waals surface area contributed by atoms with Gasteiger partial charge in [-0.25, -0.2) is 14.8 Å². The summed E-state index contributed by atoms with van der Waals surface area (Å²) in [4.78, 5) is 30.9. The van der Waals surface area contributed by atoms with E-state index in [1.165, 1.54) is 0 Å². The second kappa shape index (κ2) is 5.65. The van der Waals surface area contributed by atoms with Crippen molar-refractivity contribution in [1.29, 1.82) is 0 Å². The van der Waals surface area contributed by atoms with Crippen LogP contribution in [-0.4, -0.2) is 45.6 Å². The van der Waals surface area contributed by atoms with Crippen molar-refractivity contribution in [2.24, 2.45) is 0 Å². The Morgan fingerprint density at radius 3 is 2.85 bits per heavy atom. The molecule has 1 aliphatic rings. The molecular formula is C10H9F3N4O2S. The predicted molar refractivity (Wildman–Crippen MR) is 62.9 cm³/mol. The fraction of sp³-hybridized carbons (Fsp3) is 0.400. The zero-order chi connectivity index (χ0) is 14.8. The van der Waals surface area contributed by atoms with E-state index in [0.717, 1.165) is 28.9 Å². The fourth-order valence-corrected chi connectivity index (χ4v) is 2.19. The summed E-state index contributed by atoms with van der Waals surface area (Å²) < 4.78 is 37.3. The first-order valence-electron chi connectivity index (χ1n) is 5.49. The van der Waals surface area contributed by atoms with Crippen molar-refractivity contribution in [3.8, 4) is 0 Å². The number of imide groups is 1. The number of hydrogen-bond donors (Lipinski definition) is 1. The number of aromatic nitrogens is 2. The van der Waals surface area contributed by atoms with E-state index < -0.39 is 23.8 Å². The zero-order valence-corrected chi connectivity index (χ0v) is 10.8. The molecule has 1 aromatic rings. The molecule has 0 bridgehead atoms. The van der Waals surface area contributed by atoms with E-state index in [0.29, 0.717) is 6.54 Å². The van der Waals surface area contributed by atoms with E-state index in [1.807, 2.05) is 0 Å². The van der Waals surface area contributed by atoms with Gasteiger partial charge in [0.15, 0.2) is 5.16 Å². The molecule has 10 heteroatoms. The third-order valence-corrected chi connectivity index (χ3v) is 3.25. The smallest absolute Gasteiger partial charge is 0.336 e. The highest BCUT2D eigenvalue weighted by Gasteiger charge is 2.33. The molecule has 1 saturated heterocycles. The molecule has 0 aliphatic carbocycles. The number of carbonyl (C=O) groups excluding carboxylic acids is 2. The number of nitrogens with zero attached hydrogens (tertiary/aromatic N) is 3. The quantitative estimate of drug-likeness (QED) is 0.669. The van der Waals surface area contributed by atoms with Crippen LogP contribution in [0.5, 0.6) is 0 Å². The molecule has 1 aliphatic heterocycles. The molecule has 0 atom stereocenters. The highest BCUT2D eigenvalue weighted by atomic mass is 32.2. The van der Waals surface area contributed by atoms with E-state index in [2.05, 4.69) is 15.3 Å². The van der Waals surface area contributed by atoms with Crippen LogP contribution in [0.15, 0.2) is 17.4 Å². The van der Waals surface area contributed by atoms with Gasteiger partial charge in [0.25, 0.3) is 0 Å². The van der Waals surface area contributed by atoms with Crippen molar-refractivity contribution in [2.75, 3.05) is 18.8 Å². The van der Waals surface area contributed by atoms with Gasteiger partial charge < -0.3 is 5.32 Å². The Morgan fingerprint density at radius 1 is 1.50 bits per heavy atom. The van der Waals surface area contributed by atoms with Crippen LogP contribution >= 0.6 is 11.8 Å². The zero-order valence-electron chi connectivity index (χ0n) is 9.98. The SMILES string of the molecule is O=C(CSc1nccc(C(F)(F)F)n1)N1CCNC1=O. The second-order valence-electron chi connectivity index (χ2n) is 3.79. The maximum atomic E-state index is 12.4. The van der Waals surface area contributed by atoms with Gasteiger partial charge in [0, 0.05) is 19.3 Å². The first-order valence-corrected chi connectivity index (χ1v) is 6.48. The Kier molecular flexibility index (Phi) is 4.12. The van der Waals surface area contributed by atoms with Gasteiger partial charge in [0.05, 0.1) is 5.75 Å². The number of nitrogens with one attached hydrogen (secondary N) is 1. The number of urea groups is 1. The van der Waals surface area contributed by atoms with Crippen molar-refractivity contribution in [3.05, 3.63) is 18.0 Å². The summed E-state index contributed by atoms with van der Waals surface area (Å²) in [5.41, 5.74) is -1.07. The molecule has 20 heavy (non-hydrogen) atoms. The van der Waals surface area contributed by atoms with Crippen LogP contribution in [0.1, 0.15) is 5.69 Å². The largest absolute Gasteiger partial charge is 0.433 e. The number of hydrogen-bond acceptors (Lipinski definition) is 5. The van der Waals surface area contributed by atoms with Gasteiger partial charge in [-0.15, -0.1) is 0 Å². The van der Waals surface area contributed by atoms with Crippen LogP contribution in [0.3, 0.4) is 0 Å². The van der Waals surface area contributed by atoms with Gasteiger partial charge in [0.1, 0.15) is 5.69 Å². The highest BCUT2D eigenvalue weighted by Crippen LogP contribution is 2.28. The number of amides is 3. The molecule has 2 rings (SSSR count). The van der Waals surface area contributed by atoms with Gasteiger partial charge in [-0.3, -0.25) is 9.69 Å². The summed E-state index contributed by atoms with van der Waals surface area (Å²) >= 11 is 0.754. The maximum Gasteiger partial charge on any atom is 0.433 e. The van der Waals surface area contributed by atoms with Crippen LogP contribution in [0.25, 0.3) is 0 Å². The summed E-state index contributed by atoms with van der Waals surface area (Å²) in [6.45, 7) is 0.622. The minimum atomic E-state index is -4.56. The fourth-order valence-electron chi connectivity index (χ4n) is 1.48. The number of thioether (sulfide) groups is 1. The first kappa shape index (κ1) is 14.6.